The molecule has 0 aliphatic heterocycles. The molecular formula is C11H12F4O. The van der Waals surface area contributed by atoms with Gasteiger partial charge in [-0.3, -0.25) is 0 Å². The Hall–Kier alpha value is -1.26. The summed E-state index contributed by atoms with van der Waals surface area (Å²) >= 11 is 0. The number of hydrogen-bond acceptors (Lipinski definition) is 1. The van der Waals surface area contributed by atoms with Gasteiger partial charge in [-0.2, -0.15) is 13.2 Å². The maximum atomic E-state index is 12.6. The lowest BCUT2D eigenvalue weighted by atomic mass is 10.1. The van der Waals surface area contributed by atoms with Gasteiger partial charge in [-0.1, -0.05) is 6.07 Å². The van der Waals surface area contributed by atoms with Gasteiger partial charge in [-0.15, -0.1) is 0 Å². The third kappa shape index (κ3) is 3.12. The zero-order valence-corrected chi connectivity index (χ0v) is 8.94. The summed E-state index contributed by atoms with van der Waals surface area (Å²) in [5.41, 5.74) is -0.945. The fourth-order valence-electron chi connectivity index (χ4n) is 1.24. The molecule has 1 rings (SSSR count). The highest BCUT2D eigenvalue weighted by atomic mass is 19.4. The molecule has 0 heterocycles. The van der Waals surface area contributed by atoms with Gasteiger partial charge < -0.3 is 4.74 Å². The first-order valence-corrected chi connectivity index (χ1v) is 4.77. The molecule has 0 saturated carbocycles. The summed E-state index contributed by atoms with van der Waals surface area (Å²) in [6.07, 6.45) is -4.90. The highest BCUT2D eigenvalue weighted by Crippen LogP contribution is 2.37. The van der Waals surface area contributed by atoms with E-state index in [0.29, 0.717) is 0 Å². The van der Waals surface area contributed by atoms with E-state index in [1.165, 1.54) is 6.07 Å². The summed E-state index contributed by atoms with van der Waals surface area (Å²) in [4.78, 5) is 0. The number of hydrogen-bond donors (Lipinski definition) is 0. The largest absolute Gasteiger partial charge is 0.490 e. The summed E-state index contributed by atoms with van der Waals surface area (Å²) in [5, 5.41) is 0. The van der Waals surface area contributed by atoms with Crippen LogP contribution >= 0.6 is 0 Å². The van der Waals surface area contributed by atoms with E-state index in [1.807, 2.05) is 0 Å². The standard InChI is InChI=1S/C11H12F4O/c1-7(2)16-10-4-3-8(6-12)5-9(10)11(13,14)15/h3-5,7H,6H2,1-2H3. The molecule has 0 spiro atoms. The molecule has 0 atom stereocenters. The fourth-order valence-corrected chi connectivity index (χ4v) is 1.24. The summed E-state index contributed by atoms with van der Waals surface area (Å²) in [5.74, 6) is -0.264. The van der Waals surface area contributed by atoms with Crippen LogP contribution in [0.25, 0.3) is 0 Å². The van der Waals surface area contributed by atoms with Crippen molar-refractivity contribution in [2.45, 2.75) is 32.8 Å². The van der Waals surface area contributed by atoms with Gasteiger partial charge in [0.1, 0.15) is 12.4 Å². The summed E-state index contributed by atoms with van der Waals surface area (Å²) < 4.78 is 55.1. The van der Waals surface area contributed by atoms with Crippen LogP contribution in [0.15, 0.2) is 18.2 Å². The molecule has 0 fully saturated rings. The Morgan fingerprint density at radius 1 is 1.25 bits per heavy atom. The lowest BCUT2D eigenvalue weighted by molar-refractivity contribution is -0.139. The molecule has 0 saturated heterocycles. The van der Waals surface area contributed by atoms with Crippen LogP contribution in [0.3, 0.4) is 0 Å². The van der Waals surface area contributed by atoms with Crippen LogP contribution in [-0.2, 0) is 12.9 Å². The van der Waals surface area contributed by atoms with E-state index in [1.54, 1.807) is 13.8 Å². The van der Waals surface area contributed by atoms with Crippen molar-refractivity contribution in [3.63, 3.8) is 0 Å². The van der Waals surface area contributed by atoms with Crippen LogP contribution in [0.4, 0.5) is 17.6 Å². The van der Waals surface area contributed by atoms with E-state index < -0.39 is 18.4 Å². The van der Waals surface area contributed by atoms with E-state index >= 15 is 0 Å². The maximum Gasteiger partial charge on any atom is 0.419 e. The van der Waals surface area contributed by atoms with E-state index in [4.69, 9.17) is 4.74 Å². The summed E-state index contributed by atoms with van der Waals surface area (Å²) in [6.45, 7) is 2.33. The quantitative estimate of drug-likeness (QED) is 0.722. The molecule has 0 bridgehead atoms. The fraction of sp³-hybridized carbons (Fsp3) is 0.455. The topological polar surface area (TPSA) is 9.23 Å². The first kappa shape index (κ1) is 12.8. The van der Waals surface area contributed by atoms with E-state index in [0.717, 1.165) is 12.1 Å². The molecule has 0 unspecified atom stereocenters. The van der Waals surface area contributed by atoms with Crippen LogP contribution < -0.4 is 4.74 Å². The van der Waals surface area contributed by atoms with Crippen molar-refractivity contribution in [3.05, 3.63) is 29.3 Å². The molecule has 0 aromatic heterocycles. The summed E-state index contributed by atoms with van der Waals surface area (Å²) in [7, 11) is 0. The minimum atomic E-state index is -4.53. The Morgan fingerprint density at radius 3 is 2.31 bits per heavy atom. The van der Waals surface area contributed by atoms with Gasteiger partial charge in [0.25, 0.3) is 0 Å². The van der Waals surface area contributed by atoms with Gasteiger partial charge in [0, 0.05) is 0 Å². The zero-order chi connectivity index (χ0) is 12.3. The first-order valence-electron chi connectivity index (χ1n) is 4.77. The molecule has 90 valence electrons. The number of alkyl halides is 4. The maximum absolute atomic E-state index is 12.6. The molecule has 0 N–H and O–H groups in total. The molecule has 0 aliphatic rings. The first-order chi connectivity index (χ1) is 7.34. The monoisotopic (exact) mass is 236 g/mol. The Morgan fingerprint density at radius 2 is 1.88 bits per heavy atom. The lowest BCUT2D eigenvalue weighted by Gasteiger charge is -2.16. The minimum absolute atomic E-state index is 0.0107. The highest BCUT2D eigenvalue weighted by Gasteiger charge is 2.34. The Balaban J connectivity index is 3.17. The average Bonchev–Trinajstić information content (AvgIpc) is 2.15. The second-order valence-electron chi connectivity index (χ2n) is 3.63. The molecule has 0 aliphatic carbocycles. The molecule has 16 heavy (non-hydrogen) atoms. The van der Waals surface area contributed by atoms with Crippen LogP contribution in [0.5, 0.6) is 5.75 Å². The van der Waals surface area contributed by atoms with Crippen LogP contribution in [-0.4, -0.2) is 6.10 Å². The van der Waals surface area contributed by atoms with Gasteiger partial charge in [0.15, 0.2) is 0 Å². The van der Waals surface area contributed by atoms with E-state index in [2.05, 4.69) is 0 Å². The van der Waals surface area contributed by atoms with Gasteiger partial charge in [0.05, 0.1) is 11.7 Å². The van der Waals surface area contributed by atoms with Crippen LogP contribution in [0, 0.1) is 0 Å². The van der Waals surface area contributed by atoms with Crippen molar-refractivity contribution in [1.82, 2.24) is 0 Å². The third-order valence-electron chi connectivity index (χ3n) is 1.87. The van der Waals surface area contributed by atoms with Crippen molar-refractivity contribution in [1.29, 1.82) is 0 Å². The van der Waals surface area contributed by atoms with E-state index in [-0.39, 0.29) is 17.4 Å². The van der Waals surface area contributed by atoms with Gasteiger partial charge in [0.2, 0.25) is 0 Å². The SMILES string of the molecule is CC(C)Oc1ccc(CF)cc1C(F)(F)F. The van der Waals surface area contributed by atoms with Gasteiger partial charge in [-0.25, -0.2) is 4.39 Å². The minimum Gasteiger partial charge on any atom is -0.490 e. The molecule has 0 amide bonds. The predicted octanol–water partition coefficient (Wildman–Crippen LogP) is 3.96. The van der Waals surface area contributed by atoms with Crippen LogP contribution in [0.2, 0.25) is 0 Å². The Kier molecular flexibility index (Phi) is 3.78. The van der Waals surface area contributed by atoms with Gasteiger partial charge in [-0.05, 0) is 31.5 Å². The Labute approximate surface area is 91.0 Å². The average molecular weight is 236 g/mol. The van der Waals surface area contributed by atoms with Crippen molar-refractivity contribution in [2.24, 2.45) is 0 Å². The predicted molar refractivity (Wildman–Crippen MR) is 52.0 cm³/mol. The molecular weight excluding hydrogens is 224 g/mol. The smallest absolute Gasteiger partial charge is 0.419 e. The number of benzene rings is 1. The molecule has 5 heteroatoms. The third-order valence-corrected chi connectivity index (χ3v) is 1.87. The summed E-state index contributed by atoms with van der Waals surface area (Å²) in [6, 6.07) is 3.21. The van der Waals surface area contributed by atoms with Crippen molar-refractivity contribution in [3.8, 4) is 5.75 Å². The van der Waals surface area contributed by atoms with E-state index in [9.17, 15) is 17.6 Å². The second kappa shape index (κ2) is 4.72. The normalized spacial score (nSPS) is 11.9. The van der Waals surface area contributed by atoms with Crippen LogP contribution in [0.1, 0.15) is 25.0 Å². The number of ether oxygens (including phenoxy) is 1. The lowest BCUT2D eigenvalue weighted by Crippen LogP contribution is -2.13. The molecule has 1 nitrogen and oxygen atoms in total. The zero-order valence-electron chi connectivity index (χ0n) is 8.94. The molecule has 1 aromatic rings. The van der Waals surface area contributed by atoms with Crippen molar-refractivity contribution >= 4 is 0 Å². The second-order valence-corrected chi connectivity index (χ2v) is 3.63. The van der Waals surface area contributed by atoms with Crippen molar-refractivity contribution < 1.29 is 22.3 Å². The number of halogens is 4. The highest BCUT2D eigenvalue weighted by molar-refractivity contribution is 5.39. The van der Waals surface area contributed by atoms with Crippen molar-refractivity contribution in [2.75, 3.05) is 0 Å². The van der Waals surface area contributed by atoms with Gasteiger partial charge >= 0.3 is 6.18 Å². The molecule has 1 aromatic carbocycles. The molecule has 0 radical (unpaired) electrons. The Bertz CT molecular complexity index is 357. The number of rotatable bonds is 3.